The molecule has 0 unspecified atom stereocenters. The average molecular weight is 581 g/mol. The van der Waals surface area contributed by atoms with Crippen LogP contribution in [-0.2, 0) is 35.0 Å². The molecule has 10 nitrogen and oxygen atoms in total. The van der Waals surface area contributed by atoms with E-state index in [9.17, 15) is 31.1 Å². The van der Waals surface area contributed by atoms with Crippen LogP contribution in [0.1, 0.15) is 23.5 Å². The van der Waals surface area contributed by atoms with E-state index in [-0.39, 0.29) is 49.4 Å². The van der Waals surface area contributed by atoms with Crippen LogP contribution in [0.5, 0.6) is 0 Å². The fourth-order valence-corrected chi connectivity index (χ4v) is 3.96. The van der Waals surface area contributed by atoms with Crippen molar-refractivity contribution in [2.45, 2.75) is 38.1 Å². The molecule has 212 valence electrons. The van der Waals surface area contributed by atoms with Gasteiger partial charge < -0.3 is 29.9 Å². The molecule has 1 atom stereocenters. The number of hydrogen-bond acceptors (Lipinski definition) is 5. The molecule has 0 fully saturated rings. The van der Waals surface area contributed by atoms with E-state index >= 15 is 0 Å². The van der Waals surface area contributed by atoms with Crippen LogP contribution >= 0.6 is 7.82 Å². The Labute approximate surface area is 217 Å². The number of nitrogens with zero attached hydrogens (tertiary/aromatic N) is 4. The summed E-state index contributed by atoms with van der Waals surface area (Å²) in [4.78, 5) is 43.4. The Kier molecular flexibility index (Phi) is 9.18. The molecule has 1 aromatic carbocycles. The van der Waals surface area contributed by atoms with Crippen molar-refractivity contribution < 1.29 is 50.4 Å². The van der Waals surface area contributed by atoms with E-state index in [1.165, 1.54) is 17.3 Å². The lowest BCUT2D eigenvalue weighted by molar-refractivity contribution is -0.148. The molecule has 3 aromatic rings. The maximum atomic E-state index is 13.9. The van der Waals surface area contributed by atoms with E-state index in [1.807, 2.05) is 0 Å². The molecule has 1 aliphatic rings. The van der Waals surface area contributed by atoms with Gasteiger partial charge in [-0.2, -0.15) is 13.2 Å². The molecule has 0 aliphatic carbocycles. The first-order valence-corrected chi connectivity index (χ1v) is 12.6. The minimum absolute atomic E-state index is 0.00991. The summed E-state index contributed by atoms with van der Waals surface area (Å²) in [6, 6.07) is 3.32. The van der Waals surface area contributed by atoms with Gasteiger partial charge in [0.05, 0.1) is 17.9 Å². The SMILES string of the molecule is N[C@@H](CC(=O)N1CCn2c(C(F)(F)F)nc(-c3cccnc3)c2C1)Cc1cc(F)c(F)cc1F.O=P(O)(O)O. The molecule has 0 saturated carbocycles. The Balaban J connectivity index is 0.000000771. The molecule has 17 heteroatoms. The van der Waals surface area contributed by atoms with E-state index in [4.69, 9.17) is 25.0 Å². The summed E-state index contributed by atoms with van der Waals surface area (Å²) < 4.78 is 91.0. The number of rotatable bonds is 5. The largest absolute Gasteiger partial charge is 0.466 e. The van der Waals surface area contributed by atoms with Crippen LogP contribution in [0, 0.1) is 17.5 Å². The lowest BCUT2D eigenvalue weighted by Crippen LogP contribution is -2.42. The number of pyridine rings is 1. The van der Waals surface area contributed by atoms with Crippen LogP contribution in [0.15, 0.2) is 36.7 Å². The van der Waals surface area contributed by atoms with Gasteiger partial charge in [0.1, 0.15) is 5.82 Å². The summed E-state index contributed by atoms with van der Waals surface area (Å²) in [5.74, 6) is -5.07. The molecule has 0 bridgehead atoms. The van der Waals surface area contributed by atoms with Crippen molar-refractivity contribution in [2.24, 2.45) is 5.73 Å². The Bertz CT molecular complexity index is 1370. The zero-order valence-corrected chi connectivity index (χ0v) is 20.7. The van der Waals surface area contributed by atoms with Gasteiger partial charge in [-0.05, 0) is 30.2 Å². The fourth-order valence-electron chi connectivity index (χ4n) is 3.96. The van der Waals surface area contributed by atoms with Crippen molar-refractivity contribution in [3.63, 3.8) is 0 Å². The van der Waals surface area contributed by atoms with E-state index in [1.54, 1.807) is 12.1 Å². The first kappa shape index (κ1) is 30.2. The third kappa shape index (κ3) is 8.10. The number of hydrogen-bond donors (Lipinski definition) is 4. The van der Waals surface area contributed by atoms with Crippen molar-refractivity contribution in [3.05, 3.63) is 71.2 Å². The average Bonchev–Trinajstić information content (AvgIpc) is 3.21. The van der Waals surface area contributed by atoms with Gasteiger partial charge in [-0.3, -0.25) is 9.78 Å². The number of halogens is 6. The summed E-state index contributed by atoms with van der Waals surface area (Å²) in [7, 11) is -4.64. The van der Waals surface area contributed by atoms with Crippen LogP contribution in [0.25, 0.3) is 11.3 Å². The van der Waals surface area contributed by atoms with E-state index < -0.39 is 49.2 Å². The quantitative estimate of drug-likeness (QED) is 0.204. The van der Waals surface area contributed by atoms with Gasteiger partial charge in [0.25, 0.3) is 0 Å². The predicted molar refractivity (Wildman–Crippen MR) is 123 cm³/mol. The first-order valence-electron chi connectivity index (χ1n) is 11.1. The minimum atomic E-state index is -4.68. The minimum Gasteiger partial charge on any atom is -0.335 e. The van der Waals surface area contributed by atoms with Crippen molar-refractivity contribution in [2.75, 3.05) is 6.54 Å². The summed E-state index contributed by atoms with van der Waals surface area (Å²) in [6.45, 7) is -0.279. The smallest absolute Gasteiger partial charge is 0.335 e. The monoisotopic (exact) mass is 581 g/mol. The maximum Gasteiger partial charge on any atom is 0.466 e. The molecular formula is C22H22F6N5O5P. The topological polar surface area (TPSA) is 155 Å². The molecule has 1 aliphatic heterocycles. The van der Waals surface area contributed by atoms with Gasteiger partial charge in [-0.1, -0.05) is 0 Å². The van der Waals surface area contributed by atoms with Crippen molar-refractivity contribution in [1.82, 2.24) is 19.4 Å². The predicted octanol–water partition coefficient (Wildman–Crippen LogP) is 2.75. The van der Waals surface area contributed by atoms with Gasteiger partial charge in [0, 0.05) is 49.6 Å². The molecule has 0 radical (unpaired) electrons. The Morgan fingerprint density at radius 2 is 1.74 bits per heavy atom. The number of aromatic nitrogens is 3. The zero-order chi connectivity index (χ0) is 29.1. The van der Waals surface area contributed by atoms with Gasteiger partial charge in [0.2, 0.25) is 11.7 Å². The number of nitrogens with two attached hydrogens (primary N) is 1. The summed E-state index contributed by atoms with van der Waals surface area (Å²) in [6.07, 6.45) is -2.31. The van der Waals surface area contributed by atoms with Crippen LogP contribution < -0.4 is 5.73 Å². The molecule has 0 spiro atoms. The van der Waals surface area contributed by atoms with Crippen LogP contribution in [0.3, 0.4) is 0 Å². The second-order valence-electron chi connectivity index (χ2n) is 8.48. The van der Waals surface area contributed by atoms with Gasteiger partial charge in [-0.25, -0.2) is 22.7 Å². The molecule has 39 heavy (non-hydrogen) atoms. The van der Waals surface area contributed by atoms with Crippen molar-refractivity contribution in [1.29, 1.82) is 0 Å². The van der Waals surface area contributed by atoms with Crippen molar-refractivity contribution >= 4 is 13.7 Å². The highest BCUT2D eigenvalue weighted by molar-refractivity contribution is 7.45. The Morgan fingerprint density at radius 1 is 1.10 bits per heavy atom. The van der Waals surface area contributed by atoms with Crippen LogP contribution in [0.4, 0.5) is 26.3 Å². The molecule has 0 saturated heterocycles. The highest BCUT2D eigenvalue weighted by Gasteiger charge is 2.40. The number of phosphoric acid groups is 1. The van der Waals surface area contributed by atoms with Gasteiger partial charge >= 0.3 is 14.0 Å². The fraction of sp³-hybridized carbons (Fsp3) is 0.318. The second-order valence-corrected chi connectivity index (χ2v) is 9.50. The summed E-state index contributed by atoms with van der Waals surface area (Å²) in [5.41, 5.74) is 6.43. The molecule has 1 amide bonds. The number of imidazole rings is 1. The van der Waals surface area contributed by atoms with Crippen LogP contribution in [-0.4, -0.2) is 52.6 Å². The second kappa shape index (κ2) is 11.8. The number of amides is 1. The molecule has 3 heterocycles. The highest BCUT2D eigenvalue weighted by atomic mass is 31.2. The van der Waals surface area contributed by atoms with Crippen LogP contribution in [0.2, 0.25) is 0 Å². The Hall–Kier alpha value is -3.30. The van der Waals surface area contributed by atoms with E-state index in [0.29, 0.717) is 17.7 Å². The molecule has 5 N–H and O–H groups in total. The standard InChI is InChI=1S/C22H19F6N5O.H3O4P/c23-15-9-17(25)16(24)7-13(15)6-14(29)8-19(34)32-4-5-33-18(11-32)20(12-2-1-3-30-10-12)31-21(33)22(26,27)28;1-5(2,3)4/h1-3,7,9-10,14H,4-6,8,11,29H2;(H3,1,2,3,4)/t14-;/m1./s1. The van der Waals surface area contributed by atoms with Gasteiger partial charge in [0.15, 0.2) is 11.6 Å². The molecule has 2 aromatic heterocycles. The number of carbonyl (C=O) groups is 1. The number of carbonyl (C=O) groups excluding carboxylic acids is 1. The third-order valence-electron chi connectivity index (χ3n) is 5.56. The normalized spacial score (nSPS) is 14.4. The van der Waals surface area contributed by atoms with Crippen molar-refractivity contribution in [3.8, 4) is 11.3 Å². The first-order chi connectivity index (χ1) is 18.0. The summed E-state index contributed by atoms with van der Waals surface area (Å²) in [5, 5.41) is 0. The summed E-state index contributed by atoms with van der Waals surface area (Å²) >= 11 is 0. The maximum absolute atomic E-state index is 13.9. The molecule has 4 rings (SSSR count). The lowest BCUT2D eigenvalue weighted by Gasteiger charge is -2.30. The van der Waals surface area contributed by atoms with E-state index in [0.717, 1.165) is 4.57 Å². The van der Waals surface area contributed by atoms with E-state index in [2.05, 4.69) is 9.97 Å². The molecular weight excluding hydrogens is 559 g/mol. The number of benzene rings is 1. The third-order valence-corrected chi connectivity index (χ3v) is 5.56. The number of alkyl halides is 3. The van der Waals surface area contributed by atoms with Gasteiger partial charge in [-0.15, -0.1) is 0 Å². The lowest BCUT2D eigenvalue weighted by atomic mass is 10.0. The number of fused-ring (bicyclic) bond motifs is 1. The highest BCUT2D eigenvalue weighted by Crippen LogP contribution is 2.35. The zero-order valence-electron chi connectivity index (χ0n) is 19.8. The Morgan fingerprint density at radius 3 is 2.33 bits per heavy atom.